The molecule has 1 aromatic heterocycles. The lowest BCUT2D eigenvalue weighted by atomic mass is 10.1. The van der Waals surface area contributed by atoms with E-state index < -0.39 is 5.91 Å². The first-order valence-corrected chi connectivity index (χ1v) is 8.39. The summed E-state index contributed by atoms with van der Waals surface area (Å²) in [6.07, 6.45) is 0.769. The number of carbonyl (C=O) groups excluding carboxylic acids is 1. The Morgan fingerprint density at radius 3 is 2.81 bits per heavy atom. The number of carbonyl (C=O) groups is 1. The topological polar surface area (TPSA) is 115 Å². The van der Waals surface area contributed by atoms with E-state index in [-0.39, 0.29) is 22.7 Å². The van der Waals surface area contributed by atoms with Gasteiger partial charge in [-0.2, -0.15) is 0 Å². The van der Waals surface area contributed by atoms with Crippen molar-refractivity contribution in [2.24, 2.45) is 4.99 Å². The Kier molecular flexibility index (Phi) is 5.22. The van der Waals surface area contributed by atoms with Gasteiger partial charge in [0.1, 0.15) is 5.75 Å². The maximum absolute atomic E-state index is 12.3. The van der Waals surface area contributed by atoms with Gasteiger partial charge in [0.05, 0.1) is 25.4 Å². The third kappa shape index (κ3) is 4.02. The van der Waals surface area contributed by atoms with E-state index in [2.05, 4.69) is 25.6 Å². The molecule has 2 heterocycles. The number of amides is 1. The standard InChI is InChI=1S/C17H19ClN6O2/c1-9-14(18)23-13(15(19)21-9)16(25)24-17-20-8-11(22-17)7-10-3-5-12(26-2)6-4-10/h3-6,11H,7-8H2,1-2H3,(H2,19,21)(H2,20,22,24,25)/t11-/m0/s1. The number of anilines is 1. The van der Waals surface area contributed by atoms with Crippen LogP contribution in [0.5, 0.6) is 5.75 Å². The molecule has 26 heavy (non-hydrogen) atoms. The summed E-state index contributed by atoms with van der Waals surface area (Å²) in [6, 6.07) is 7.92. The van der Waals surface area contributed by atoms with Crippen LogP contribution >= 0.6 is 11.6 Å². The zero-order chi connectivity index (χ0) is 18.7. The molecule has 0 saturated heterocycles. The van der Waals surface area contributed by atoms with Crippen molar-refractivity contribution in [3.8, 4) is 5.75 Å². The molecular formula is C17H19ClN6O2. The summed E-state index contributed by atoms with van der Waals surface area (Å²) < 4.78 is 5.15. The Balaban J connectivity index is 1.58. The predicted octanol–water partition coefficient (Wildman–Crippen LogP) is 1.33. The van der Waals surface area contributed by atoms with Gasteiger partial charge in [-0.25, -0.2) is 9.97 Å². The second-order valence-electron chi connectivity index (χ2n) is 5.87. The fourth-order valence-electron chi connectivity index (χ4n) is 2.57. The molecule has 0 fully saturated rings. The molecule has 0 bridgehead atoms. The summed E-state index contributed by atoms with van der Waals surface area (Å²) in [5.41, 5.74) is 7.34. The van der Waals surface area contributed by atoms with Crippen LogP contribution < -0.4 is 21.1 Å². The first-order valence-electron chi connectivity index (χ1n) is 8.01. The number of rotatable bonds is 4. The van der Waals surface area contributed by atoms with Crippen molar-refractivity contribution in [3.63, 3.8) is 0 Å². The van der Waals surface area contributed by atoms with Gasteiger partial charge in [0.2, 0.25) is 0 Å². The van der Waals surface area contributed by atoms with Crippen LogP contribution in [-0.4, -0.2) is 41.5 Å². The lowest BCUT2D eigenvalue weighted by Gasteiger charge is -2.13. The van der Waals surface area contributed by atoms with Crippen LogP contribution in [0.25, 0.3) is 0 Å². The van der Waals surface area contributed by atoms with E-state index >= 15 is 0 Å². The highest BCUT2D eigenvalue weighted by molar-refractivity contribution is 6.30. The highest BCUT2D eigenvalue weighted by Gasteiger charge is 2.22. The van der Waals surface area contributed by atoms with E-state index in [0.29, 0.717) is 18.2 Å². The SMILES string of the molecule is COc1ccc(C[C@H]2CN=C(NC(=O)c3nc(Cl)c(C)nc3N)N2)cc1. The molecule has 1 aliphatic rings. The number of aryl methyl sites for hydroxylation is 1. The molecule has 0 unspecified atom stereocenters. The van der Waals surface area contributed by atoms with Crippen molar-refractivity contribution in [1.29, 1.82) is 0 Å². The molecule has 0 saturated carbocycles. The van der Waals surface area contributed by atoms with Gasteiger partial charge in [0, 0.05) is 0 Å². The summed E-state index contributed by atoms with van der Waals surface area (Å²) in [5.74, 6) is 0.713. The third-order valence-electron chi connectivity index (χ3n) is 3.94. The maximum atomic E-state index is 12.3. The number of halogens is 1. The summed E-state index contributed by atoms with van der Waals surface area (Å²) >= 11 is 5.92. The molecular weight excluding hydrogens is 356 g/mol. The van der Waals surface area contributed by atoms with E-state index in [1.165, 1.54) is 0 Å². The van der Waals surface area contributed by atoms with Crippen molar-refractivity contribution in [2.45, 2.75) is 19.4 Å². The van der Waals surface area contributed by atoms with Crippen molar-refractivity contribution in [1.82, 2.24) is 20.6 Å². The predicted molar refractivity (Wildman–Crippen MR) is 99.6 cm³/mol. The van der Waals surface area contributed by atoms with Crippen LogP contribution in [0.4, 0.5) is 5.82 Å². The number of aromatic nitrogens is 2. The van der Waals surface area contributed by atoms with Gasteiger partial charge in [0.25, 0.3) is 5.91 Å². The molecule has 1 aliphatic heterocycles. The van der Waals surface area contributed by atoms with Crippen molar-refractivity contribution in [2.75, 3.05) is 19.4 Å². The number of guanidine groups is 1. The zero-order valence-corrected chi connectivity index (χ0v) is 15.2. The van der Waals surface area contributed by atoms with Crippen LogP contribution in [-0.2, 0) is 6.42 Å². The summed E-state index contributed by atoms with van der Waals surface area (Å²) in [7, 11) is 1.63. The van der Waals surface area contributed by atoms with E-state index in [4.69, 9.17) is 22.1 Å². The number of hydrogen-bond donors (Lipinski definition) is 3. The van der Waals surface area contributed by atoms with Gasteiger partial charge < -0.3 is 15.8 Å². The van der Waals surface area contributed by atoms with Crippen LogP contribution in [0.3, 0.4) is 0 Å². The number of methoxy groups -OCH3 is 1. The molecule has 3 rings (SSSR count). The van der Waals surface area contributed by atoms with Crippen molar-refractivity contribution in [3.05, 3.63) is 46.4 Å². The number of nitrogens with zero attached hydrogens (tertiary/aromatic N) is 3. The normalized spacial score (nSPS) is 16.0. The number of nitrogens with two attached hydrogens (primary N) is 1. The number of aliphatic imine (C=N–C) groups is 1. The van der Waals surface area contributed by atoms with E-state index in [1.54, 1.807) is 14.0 Å². The highest BCUT2D eigenvalue weighted by atomic mass is 35.5. The van der Waals surface area contributed by atoms with Gasteiger partial charge in [-0.15, -0.1) is 0 Å². The molecule has 2 aromatic rings. The molecule has 136 valence electrons. The lowest BCUT2D eigenvalue weighted by molar-refractivity contribution is 0.0972. The summed E-state index contributed by atoms with van der Waals surface area (Å²) in [4.78, 5) is 24.6. The van der Waals surface area contributed by atoms with Gasteiger partial charge in [-0.1, -0.05) is 23.7 Å². The van der Waals surface area contributed by atoms with Gasteiger partial charge in [-0.05, 0) is 31.0 Å². The summed E-state index contributed by atoms with van der Waals surface area (Å²) in [6.45, 7) is 2.22. The molecule has 8 nitrogen and oxygen atoms in total. The van der Waals surface area contributed by atoms with E-state index in [0.717, 1.165) is 17.7 Å². The lowest BCUT2D eigenvalue weighted by Crippen LogP contribution is -2.43. The van der Waals surface area contributed by atoms with E-state index in [1.807, 2.05) is 24.3 Å². The fraction of sp³-hybridized carbons (Fsp3) is 0.294. The van der Waals surface area contributed by atoms with E-state index in [9.17, 15) is 4.79 Å². The molecule has 0 aliphatic carbocycles. The number of hydrogen-bond acceptors (Lipinski definition) is 7. The zero-order valence-electron chi connectivity index (χ0n) is 14.4. The van der Waals surface area contributed by atoms with Gasteiger partial charge >= 0.3 is 0 Å². The minimum absolute atomic E-state index is 0.0243. The second-order valence-corrected chi connectivity index (χ2v) is 6.23. The minimum Gasteiger partial charge on any atom is -0.497 e. The average molecular weight is 375 g/mol. The smallest absolute Gasteiger partial charge is 0.280 e. The van der Waals surface area contributed by atoms with Crippen molar-refractivity contribution >= 4 is 29.3 Å². The Morgan fingerprint density at radius 2 is 2.12 bits per heavy atom. The number of nitrogen functional groups attached to an aromatic ring is 1. The molecule has 0 radical (unpaired) electrons. The Labute approximate surface area is 155 Å². The number of ether oxygens (including phenoxy) is 1. The minimum atomic E-state index is -0.506. The third-order valence-corrected chi connectivity index (χ3v) is 4.30. The van der Waals surface area contributed by atoms with Crippen LogP contribution in [0, 0.1) is 6.92 Å². The largest absolute Gasteiger partial charge is 0.497 e. The van der Waals surface area contributed by atoms with Gasteiger partial charge in [0.15, 0.2) is 22.6 Å². The Bertz CT molecular complexity index is 853. The Hall–Kier alpha value is -2.87. The second kappa shape index (κ2) is 7.57. The van der Waals surface area contributed by atoms with Crippen molar-refractivity contribution < 1.29 is 9.53 Å². The molecule has 9 heteroatoms. The molecule has 0 spiro atoms. The molecule has 1 amide bonds. The first-order chi connectivity index (χ1) is 12.5. The number of nitrogens with one attached hydrogen (secondary N) is 2. The van der Waals surface area contributed by atoms with Crippen LogP contribution in [0.2, 0.25) is 5.15 Å². The highest BCUT2D eigenvalue weighted by Crippen LogP contribution is 2.15. The molecule has 1 atom stereocenters. The number of benzene rings is 1. The fourth-order valence-corrected chi connectivity index (χ4v) is 2.70. The molecule has 1 aromatic carbocycles. The quantitative estimate of drug-likeness (QED) is 0.743. The van der Waals surface area contributed by atoms with Crippen LogP contribution in [0.1, 0.15) is 21.7 Å². The first kappa shape index (κ1) is 17.9. The maximum Gasteiger partial charge on any atom is 0.280 e. The summed E-state index contributed by atoms with van der Waals surface area (Å²) in [5, 5.41) is 5.98. The average Bonchev–Trinajstić information content (AvgIpc) is 3.05. The monoisotopic (exact) mass is 374 g/mol. The van der Waals surface area contributed by atoms with Crippen LogP contribution in [0.15, 0.2) is 29.3 Å². The Morgan fingerprint density at radius 1 is 1.38 bits per heavy atom. The molecule has 4 N–H and O–H groups in total. The van der Waals surface area contributed by atoms with Gasteiger partial charge in [-0.3, -0.25) is 15.1 Å².